The maximum absolute atomic E-state index is 11.1. The third kappa shape index (κ3) is 4.08. The molecule has 0 aliphatic carbocycles. The Balaban J connectivity index is 3.18. The number of anilines is 2. The van der Waals surface area contributed by atoms with Crippen LogP contribution in [0, 0.1) is 6.92 Å². The fraction of sp³-hybridized carbons (Fsp3) is 0.643. The van der Waals surface area contributed by atoms with Gasteiger partial charge in [-0.1, -0.05) is 20.8 Å². The van der Waals surface area contributed by atoms with Crippen molar-refractivity contribution < 1.29 is 4.79 Å². The molecular formula is C14H25N5O. The lowest BCUT2D eigenvalue weighted by molar-refractivity contribution is -0.118. The molecule has 0 fully saturated rings. The van der Waals surface area contributed by atoms with E-state index in [4.69, 9.17) is 11.5 Å². The summed E-state index contributed by atoms with van der Waals surface area (Å²) in [5, 5.41) is 3.24. The first kappa shape index (κ1) is 16.2. The van der Waals surface area contributed by atoms with E-state index in [1.54, 1.807) is 0 Å². The predicted molar refractivity (Wildman–Crippen MR) is 81.4 cm³/mol. The molecule has 20 heavy (non-hydrogen) atoms. The van der Waals surface area contributed by atoms with Crippen molar-refractivity contribution in [3.05, 3.63) is 11.4 Å². The number of rotatable bonds is 4. The summed E-state index contributed by atoms with van der Waals surface area (Å²) in [6, 6.07) is 0. The predicted octanol–water partition coefficient (Wildman–Crippen LogP) is 1.73. The zero-order valence-electron chi connectivity index (χ0n) is 13.2. The lowest BCUT2D eigenvalue weighted by Gasteiger charge is -2.28. The molecule has 0 aliphatic heterocycles. The summed E-state index contributed by atoms with van der Waals surface area (Å²) in [6.07, 6.45) is 0.210. The number of nitrogens with two attached hydrogens (primary N) is 2. The summed E-state index contributed by atoms with van der Waals surface area (Å²) in [5.41, 5.74) is 11.3. The fourth-order valence-electron chi connectivity index (χ4n) is 1.79. The Morgan fingerprint density at radius 3 is 2.20 bits per heavy atom. The first-order valence-electron chi connectivity index (χ1n) is 6.63. The fourth-order valence-corrected chi connectivity index (χ4v) is 1.79. The van der Waals surface area contributed by atoms with E-state index in [-0.39, 0.29) is 17.7 Å². The molecule has 0 unspecified atom stereocenters. The number of aromatic nitrogens is 2. The third-order valence-corrected chi connectivity index (χ3v) is 2.93. The minimum Gasteiger partial charge on any atom is -0.383 e. The molecule has 5 N–H and O–H groups in total. The smallest absolute Gasteiger partial charge is 0.219 e. The molecule has 0 atom stereocenters. The molecule has 0 saturated carbocycles. The van der Waals surface area contributed by atoms with Crippen molar-refractivity contribution in [2.75, 3.05) is 11.1 Å². The maximum atomic E-state index is 11.1. The zero-order chi connectivity index (χ0) is 15.7. The van der Waals surface area contributed by atoms with Crippen LogP contribution in [-0.4, -0.2) is 21.4 Å². The molecule has 0 saturated heterocycles. The average molecular weight is 279 g/mol. The number of amides is 1. The van der Waals surface area contributed by atoms with Gasteiger partial charge in [-0.25, -0.2) is 9.97 Å². The number of nitrogens with one attached hydrogen (secondary N) is 1. The largest absolute Gasteiger partial charge is 0.383 e. The van der Waals surface area contributed by atoms with Gasteiger partial charge in [0.15, 0.2) is 0 Å². The number of hydrogen-bond donors (Lipinski definition) is 3. The van der Waals surface area contributed by atoms with Crippen molar-refractivity contribution in [1.82, 2.24) is 9.97 Å². The number of nitrogens with zero attached hydrogens (tertiary/aromatic N) is 2. The number of nitrogen functional groups attached to an aromatic ring is 1. The van der Waals surface area contributed by atoms with Crippen LogP contribution in [0.4, 0.5) is 11.6 Å². The highest BCUT2D eigenvalue weighted by atomic mass is 16.1. The van der Waals surface area contributed by atoms with Gasteiger partial charge in [-0.2, -0.15) is 0 Å². The second-order valence-corrected chi connectivity index (χ2v) is 6.81. The molecule has 0 radical (unpaired) electrons. The summed E-state index contributed by atoms with van der Waals surface area (Å²) in [4.78, 5) is 20.0. The SMILES string of the molecule is Cc1c(N)nc(C(C)(C)C)nc1NC(C)(C)CC(N)=O. The lowest BCUT2D eigenvalue weighted by Crippen LogP contribution is -2.37. The highest BCUT2D eigenvalue weighted by molar-refractivity contribution is 5.75. The molecule has 1 amide bonds. The lowest BCUT2D eigenvalue weighted by atomic mass is 9.95. The van der Waals surface area contributed by atoms with Crippen molar-refractivity contribution in [3.8, 4) is 0 Å². The molecular weight excluding hydrogens is 254 g/mol. The normalized spacial score (nSPS) is 12.3. The van der Waals surface area contributed by atoms with Crippen LogP contribution in [-0.2, 0) is 10.2 Å². The summed E-state index contributed by atoms with van der Waals surface area (Å²) in [5.74, 6) is 1.40. The van der Waals surface area contributed by atoms with E-state index in [1.165, 1.54) is 0 Å². The van der Waals surface area contributed by atoms with Crippen LogP contribution in [0.25, 0.3) is 0 Å². The quantitative estimate of drug-likeness (QED) is 0.778. The average Bonchev–Trinajstić information content (AvgIpc) is 2.20. The van der Waals surface area contributed by atoms with Gasteiger partial charge < -0.3 is 16.8 Å². The molecule has 6 nitrogen and oxygen atoms in total. The standard InChI is InChI=1S/C14H25N5O/c1-8-10(16)17-12(13(2,3)4)18-11(8)19-14(5,6)7-9(15)20/h7H2,1-6H3,(H2,15,20)(H3,16,17,18,19). The number of primary amides is 1. The Hall–Kier alpha value is -1.85. The van der Waals surface area contributed by atoms with Crippen LogP contribution in [0.1, 0.15) is 52.4 Å². The molecule has 6 heteroatoms. The molecule has 1 rings (SSSR count). The molecule has 1 aromatic heterocycles. The first-order chi connectivity index (χ1) is 8.92. The zero-order valence-corrected chi connectivity index (χ0v) is 13.2. The van der Waals surface area contributed by atoms with E-state index in [2.05, 4.69) is 15.3 Å². The van der Waals surface area contributed by atoms with Crippen LogP contribution in [0.5, 0.6) is 0 Å². The number of carbonyl (C=O) groups is 1. The van der Waals surface area contributed by atoms with Crippen molar-refractivity contribution in [3.63, 3.8) is 0 Å². The van der Waals surface area contributed by atoms with Gasteiger partial charge in [0.25, 0.3) is 0 Å². The summed E-state index contributed by atoms with van der Waals surface area (Å²) < 4.78 is 0. The Labute approximate surface area is 120 Å². The summed E-state index contributed by atoms with van der Waals surface area (Å²) in [7, 11) is 0. The van der Waals surface area contributed by atoms with E-state index in [0.29, 0.717) is 17.5 Å². The molecule has 1 aromatic rings. The van der Waals surface area contributed by atoms with E-state index in [9.17, 15) is 4.79 Å². The van der Waals surface area contributed by atoms with Gasteiger partial charge in [0.2, 0.25) is 5.91 Å². The second kappa shape index (κ2) is 5.26. The summed E-state index contributed by atoms with van der Waals surface area (Å²) >= 11 is 0. The molecule has 112 valence electrons. The Morgan fingerprint density at radius 2 is 1.75 bits per heavy atom. The van der Waals surface area contributed by atoms with E-state index < -0.39 is 5.54 Å². The molecule has 1 heterocycles. The topological polar surface area (TPSA) is 107 Å². The second-order valence-electron chi connectivity index (χ2n) is 6.81. The Bertz CT molecular complexity index is 517. The van der Waals surface area contributed by atoms with Crippen LogP contribution in [0.15, 0.2) is 0 Å². The van der Waals surface area contributed by atoms with Crippen molar-refractivity contribution in [2.24, 2.45) is 5.73 Å². The molecule has 0 aromatic carbocycles. The van der Waals surface area contributed by atoms with Gasteiger partial charge in [0, 0.05) is 22.9 Å². The third-order valence-electron chi connectivity index (χ3n) is 2.93. The van der Waals surface area contributed by atoms with E-state index in [0.717, 1.165) is 5.56 Å². The van der Waals surface area contributed by atoms with Crippen molar-refractivity contribution in [1.29, 1.82) is 0 Å². The molecule has 0 aliphatic rings. The maximum Gasteiger partial charge on any atom is 0.219 e. The minimum atomic E-state index is -0.494. The molecule has 0 bridgehead atoms. The highest BCUT2D eigenvalue weighted by Gasteiger charge is 2.25. The van der Waals surface area contributed by atoms with Gasteiger partial charge in [0.1, 0.15) is 17.5 Å². The highest BCUT2D eigenvalue weighted by Crippen LogP contribution is 2.27. The number of carbonyl (C=O) groups excluding carboxylic acids is 1. The van der Waals surface area contributed by atoms with Crippen molar-refractivity contribution in [2.45, 2.75) is 58.9 Å². The Morgan fingerprint density at radius 1 is 1.20 bits per heavy atom. The van der Waals surface area contributed by atoms with Gasteiger partial charge in [0.05, 0.1) is 0 Å². The van der Waals surface area contributed by atoms with E-state index >= 15 is 0 Å². The Kier molecular flexibility index (Phi) is 4.27. The number of hydrogen-bond acceptors (Lipinski definition) is 5. The van der Waals surface area contributed by atoms with Crippen LogP contribution in [0.3, 0.4) is 0 Å². The van der Waals surface area contributed by atoms with Gasteiger partial charge >= 0.3 is 0 Å². The van der Waals surface area contributed by atoms with Gasteiger partial charge in [-0.05, 0) is 20.8 Å². The van der Waals surface area contributed by atoms with Gasteiger partial charge in [-0.15, -0.1) is 0 Å². The van der Waals surface area contributed by atoms with Crippen LogP contribution >= 0.6 is 0 Å². The van der Waals surface area contributed by atoms with E-state index in [1.807, 2.05) is 41.5 Å². The monoisotopic (exact) mass is 279 g/mol. The molecule has 0 spiro atoms. The van der Waals surface area contributed by atoms with Crippen LogP contribution in [0.2, 0.25) is 0 Å². The van der Waals surface area contributed by atoms with Gasteiger partial charge in [-0.3, -0.25) is 4.79 Å². The van der Waals surface area contributed by atoms with Crippen molar-refractivity contribution >= 4 is 17.5 Å². The minimum absolute atomic E-state index is 0.202. The summed E-state index contributed by atoms with van der Waals surface area (Å²) in [6.45, 7) is 11.7. The first-order valence-corrected chi connectivity index (χ1v) is 6.63. The van der Waals surface area contributed by atoms with Crippen LogP contribution < -0.4 is 16.8 Å².